The number of hydrogen-bond donors (Lipinski definition) is 1. The van der Waals surface area contributed by atoms with Crippen LogP contribution in [-0.4, -0.2) is 10.9 Å². The van der Waals surface area contributed by atoms with E-state index in [1.165, 1.54) is 51.4 Å². The smallest absolute Gasteiger partial charge is 0.0795 e. The fraction of sp³-hybridized carbons (Fsp3) is 0.824. The van der Waals surface area contributed by atoms with Gasteiger partial charge in [-0.3, -0.25) is 0 Å². The summed E-state index contributed by atoms with van der Waals surface area (Å²) in [7, 11) is 0. The van der Waals surface area contributed by atoms with Gasteiger partial charge in [0, 0.05) is 0 Å². The SMILES string of the molecule is ON=C1C=C2CC[C@H]3[C@@H]4CCC[C@H]4CC[C@@H]3[C@H]2CC1. The molecule has 4 aliphatic carbocycles. The molecule has 0 heterocycles. The fourth-order valence-corrected chi connectivity index (χ4v) is 5.89. The Bertz CT molecular complexity index is 425. The van der Waals surface area contributed by atoms with Crippen LogP contribution >= 0.6 is 0 Å². The van der Waals surface area contributed by atoms with Gasteiger partial charge in [-0.1, -0.05) is 23.6 Å². The summed E-state index contributed by atoms with van der Waals surface area (Å²) >= 11 is 0. The van der Waals surface area contributed by atoms with E-state index in [0.717, 1.165) is 41.7 Å². The third kappa shape index (κ3) is 1.86. The zero-order chi connectivity index (χ0) is 12.8. The first-order valence-electron chi connectivity index (χ1n) is 8.28. The number of oxime groups is 1. The number of rotatable bonds is 0. The molecule has 0 aliphatic heterocycles. The second-order valence-corrected chi connectivity index (χ2v) is 7.25. The Labute approximate surface area is 116 Å². The van der Waals surface area contributed by atoms with Crippen molar-refractivity contribution in [2.45, 2.75) is 57.8 Å². The number of hydrogen-bond acceptors (Lipinski definition) is 2. The van der Waals surface area contributed by atoms with Gasteiger partial charge in [-0.2, -0.15) is 0 Å². The molecule has 2 nitrogen and oxygen atoms in total. The average Bonchev–Trinajstić information content (AvgIpc) is 2.94. The molecule has 0 amide bonds. The van der Waals surface area contributed by atoms with Crippen molar-refractivity contribution in [1.29, 1.82) is 0 Å². The Balaban J connectivity index is 1.60. The molecule has 1 N–H and O–H groups in total. The molecule has 0 spiro atoms. The van der Waals surface area contributed by atoms with Crippen LogP contribution in [0.4, 0.5) is 0 Å². The van der Waals surface area contributed by atoms with Crippen LogP contribution in [0.15, 0.2) is 16.8 Å². The molecule has 0 radical (unpaired) electrons. The van der Waals surface area contributed by atoms with E-state index >= 15 is 0 Å². The number of allylic oxidation sites excluding steroid dienone is 2. The molecule has 0 aromatic rings. The van der Waals surface area contributed by atoms with Crippen molar-refractivity contribution < 1.29 is 5.21 Å². The summed E-state index contributed by atoms with van der Waals surface area (Å²) in [5.74, 6) is 4.94. The molecule has 0 saturated heterocycles. The van der Waals surface area contributed by atoms with Gasteiger partial charge in [0.05, 0.1) is 5.71 Å². The van der Waals surface area contributed by atoms with Gasteiger partial charge in [-0.05, 0) is 80.6 Å². The molecular formula is C17H25NO. The second-order valence-electron chi connectivity index (χ2n) is 7.25. The lowest BCUT2D eigenvalue weighted by atomic mass is 9.56. The van der Waals surface area contributed by atoms with Crippen LogP contribution in [0.2, 0.25) is 0 Å². The predicted octanol–water partition coefficient (Wildman–Crippen LogP) is 4.39. The summed E-state index contributed by atoms with van der Waals surface area (Å²) in [6.45, 7) is 0. The van der Waals surface area contributed by atoms with Crippen molar-refractivity contribution in [2.75, 3.05) is 0 Å². The van der Waals surface area contributed by atoms with E-state index in [9.17, 15) is 0 Å². The van der Waals surface area contributed by atoms with Gasteiger partial charge < -0.3 is 5.21 Å². The van der Waals surface area contributed by atoms with E-state index in [4.69, 9.17) is 5.21 Å². The zero-order valence-corrected chi connectivity index (χ0v) is 11.7. The van der Waals surface area contributed by atoms with Crippen LogP contribution in [0.3, 0.4) is 0 Å². The van der Waals surface area contributed by atoms with E-state index in [1.807, 2.05) is 0 Å². The minimum Gasteiger partial charge on any atom is -0.411 e. The first-order chi connectivity index (χ1) is 9.36. The minimum absolute atomic E-state index is 0.825. The molecule has 19 heavy (non-hydrogen) atoms. The van der Waals surface area contributed by atoms with Crippen LogP contribution in [0.5, 0.6) is 0 Å². The maximum absolute atomic E-state index is 8.98. The Morgan fingerprint density at radius 3 is 2.74 bits per heavy atom. The topological polar surface area (TPSA) is 32.6 Å². The number of fused-ring (bicyclic) bond motifs is 5. The lowest BCUT2D eigenvalue weighted by molar-refractivity contribution is 0.0515. The van der Waals surface area contributed by atoms with Gasteiger partial charge >= 0.3 is 0 Å². The van der Waals surface area contributed by atoms with E-state index in [-0.39, 0.29) is 0 Å². The predicted molar refractivity (Wildman–Crippen MR) is 76.3 cm³/mol. The van der Waals surface area contributed by atoms with Crippen molar-refractivity contribution >= 4 is 5.71 Å². The second kappa shape index (κ2) is 4.64. The summed E-state index contributed by atoms with van der Waals surface area (Å²) in [5, 5.41) is 12.4. The van der Waals surface area contributed by atoms with E-state index in [0.29, 0.717) is 0 Å². The fourth-order valence-electron chi connectivity index (χ4n) is 5.89. The van der Waals surface area contributed by atoms with Crippen LogP contribution in [-0.2, 0) is 0 Å². The van der Waals surface area contributed by atoms with Crippen molar-refractivity contribution in [3.05, 3.63) is 11.6 Å². The van der Waals surface area contributed by atoms with Crippen LogP contribution in [0, 0.1) is 29.6 Å². The molecule has 2 heteroatoms. The van der Waals surface area contributed by atoms with Crippen LogP contribution in [0.1, 0.15) is 57.8 Å². The lowest BCUT2D eigenvalue weighted by Crippen LogP contribution is -2.40. The summed E-state index contributed by atoms with van der Waals surface area (Å²) in [4.78, 5) is 0. The molecule has 3 saturated carbocycles. The van der Waals surface area contributed by atoms with Crippen molar-refractivity contribution in [1.82, 2.24) is 0 Å². The maximum Gasteiger partial charge on any atom is 0.0795 e. The highest BCUT2D eigenvalue weighted by Crippen LogP contribution is 2.56. The Morgan fingerprint density at radius 2 is 1.84 bits per heavy atom. The van der Waals surface area contributed by atoms with E-state index in [1.54, 1.807) is 5.57 Å². The highest BCUT2D eigenvalue weighted by Gasteiger charge is 2.47. The summed E-state index contributed by atoms with van der Waals surface area (Å²) in [5.41, 5.74) is 2.52. The lowest BCUT2D eigenvalue weighted by Gasteiger charge is -2.49. The van der Waals surface area contributed by atoms with Gasteiger partial charge in [-0.15, -0.1) is 0 Å². The first kappa shape index (κ1) is 12.0. The largest absolute Gasteiger partial charge is 0.411 e. The highest BCUT2D eigenvalue weighted by atomic mass is 16.4. The van der Waals surface area contributed by atoms with Crippen molar-refractivity contribution in [3.8, 4) is 0 Å². The minimum atomic E-state index is 0.825. The standard InChI is InChI=1S/C17H25NO/c19-18-13-6-9-15-12(10-13)5-8-16-14-3-1-2-11(14)4-7-17(15)16/h10-11,14-17,19H,1-9H2/t11-,14+,15-,16-,17+/m0/s1. The maximum atomic E-state index is 8.98. The molecule has 0 aromatic carbocycles. The highest BCUT2D eigenvalue weighted by molar-refractivity contribution is 5.96. The van der Waals surface area contributed by atoms with Crippen molar-refractivity contribution in [2.24, 2.45) is 34.7 Å². The van der Waals surface area contributed by atoms with E-state index in [2.05, 4.69) is 11.2 Å². The zero-order valence-electron chi connectivity index (χ0n) is 11.7. The molecule has 0 aromatic heterocycles. The van der Waals surface area contributed by atoms with Crippen LogP contribution < -0.4 is 0 Å². The summed E-state index contributed by atoms with van der Waals surface area (Å²) in [6.07, 6.45) is 14.6. The molecule has 104 valence electrons. The molecule has 4 aliphatic rings. The third-order valence-electron chi connectivity index (χ3n) is 6.64. The summed E-state index contributed by atoms with van der Waals surface area (Å²) < 4.78 is 0. The van der Waals surface area contributed by atoms with Gasteiger partial charge in [-0.25, -0.2) is 0 Å². The number of nitrogens with zero attached hydrogens (tertiary/aromatic N) is 1. The molecule has 4 rings (SSSR count). The Kier molecular flexibility index (Phi) is 2.93. The van der Waals surface area contributed by atoms with E-state index < -0.39 is 0 Å². The molecule has 5 atom stereocenters. The molecule has 0 bridgehead atoms. The van der Waals surface area contributed by atoms with Crippen LogP contribution in [0.25, 0.3) is 0 Å². The molecule has 3 fully saturated rings. The quantitative estimate of drug-likeness (QED) is 0.508. The normalized spacial score (nSPS) is 47.3. The average molecular weight is 259 g/mol. The Hall–Kier alpha value is -0.790. The molecular weight excluding hydrogens is 234 g/mol. The third-order valence-corrected chi connectivity index (χ3v) is 6.64. The van der Waals surface area contributed by atoms with Gasteiger partial charge in [0.2, 0.25) is 0 Å². The summed E-state index contributed by atoms with van der Waals surface area (Å²) in [6, 6.07) is 0. The monoisotopic (exact) mass is 259 g/mol. The van der Waals surface area contributed by atoms with Gasteiger partial charge in [0.25, 0.3) is 0 Å². The van der Waals surface area contributed by atoms with Gasteiger partial charge in [0.15, 0.2) is 0 Å². The van der Waals surface area contributed by atoms with Crippen molar-refractivity contribution in [3.63, 3.8) is 0 Å². The first-order valence-corrected chi connectivity index (χ1v) is 8.28. The van der Waals surface area contributed by atoms with Gasteiger partial charge in [0.1, 0.15) is 0 Å². The molecule has 0 unspecified atom stereocenters. The Morgan fingerprint density at radius 1 is 0.895 bits per heavy atom.